The summed E-state index contributed by atoms with van der Waals surface area (Å²) in [6.07, 6.45) is 1.54. The van der Waals surface area contributed by atoms with Gasteiger partial charge in [-0.05, 0) is 19.9 Å². The van der Waals surface area contributed by atoms with Crippen LogP contribution in [0, 0.1) is 13.8 Å². The van der Waals surface area contributed by atoms with Crippen LogP contribution in [0.15, 0.2) is 18.3 Å². The quantitative estimate of drug-likeness (QED) is 0.807. The smallest absolute Gasteiger partial charge is 0.319 e. The molecule has 2 aromatic rings. The van der Waals surface area contributed by atoms with Crippen molar-refractivity contribution in [2.45, 2.75) is 26.9 Å². The van der Waals surface area contributed by atoms with Crippen molar-refractivity contribution in [3.63, 3.8) is 0 Å². The Balaban J connectivity index is 1.92. The maximum atomic E-state index is 12.0. The Morgan fingerprint density at radius 2 is 2.08 bits per heavy atom. The summed E-state index contributed by atoms with van der Waals surface area (Å²) in [5.74, 6) is 0.496. The summed E-state index contributed by atoms with van der Waals surface area (Å²) in [6, 6.07) is 3.11. The Morgan fingerprint density at radius 1 is 1.29 bits per heavy atom. The van der Waals surface area contributed by atoms with Gasteiger partial charge in [0.15, 0.2) is 0 Å². The molecule has 0 aliphatic heterocycles. The molecule has 0 saturated heterocycles. The molecule has 0 saturated carbocycles. The summed E-state index contributed by atoms with van der Waals surface area (Å²) in [4.78, 5) is 16.1. The van der Waals surface area contributed by atoms with E-state index in [0.29, 0.717) is 31.3 Å². The predicted octanol–water partition coefficient (Wildman–Crippen LogP) is 1.87. The average molecular weight is 333 g/mol. The van der Waals surface area contributed by atoms with E-state index in [1.54, 1.807) is 26.4 Å². The molecule has 24 heavy (non-hydrogen) atoms. The van der Waals surface area contributed by atoms with Gasteiger partial charge >= 0.3 is 6.03 Å². The fourth-order valence-corrected chi connectivity index (χ4v) is 2.30. The third-order valence-corrected chi connectivity index (χ3v) is 3.67. The summed E-state index contributed by atoms with van der Waals surface area (Å²) in [6.45, 7) is 5.60. The highest BCUT2D eigenvalue weighted by Gasteiger charge is 2.12. The van der Waals surface area contributed by atoms with E-state index < -0.39 is 0 Å². The molecular weight excluding hydrogens is 310 g/mol. The largest absolute Gasteiger partial charge is 0.481 e. The molecule has 0 aliphatic carbocycles. The molecule has 0 radical (unpaired) electrons. The second-order valence-corrected chi connectivity index (χ2v) is 5.26. The minimum absolute atomic E-state index is 0.301. The standard InChI is InChI=1S/C16H23N5O3/c1-11-14(12(2)21(20-11)7-8-23-3)10-18-16(22)19-13-5-6-15(24-4)17-9-13/h5-6,9H,7-8,10H2,1-4H3,(H2,18,19,22). The van der Waals surface area contributed by atoms with Crippen LogP contribution in [0.25, 0.3) is 0 Å². The topological polar surface area (TPSA) is 90.3 Å². The van der Waals surface area contributed by atoms with Crippen LogP contribution in [0.3, 0.4) is 0 Å². The first-order valence-corrected chi connectivity index (χ1v) is 7.62. The van der Waals surface area contributed by atoms with Crippen LogP contribution < -0.4 is 15.4 Å². The maximum absolute atomic E-state index is 12.0. The van der Waals surface area contributed by atoms with Crippen molar-refractivity contribution in [2.75, 3.05) is 26.1 Å². The van der Waals surface area contributed by atoms with E-state index in [1.165, 1.54) is 6.20 Å². The van der Waals surface area contributed by atoms with Gasteiger partial charge in [0, 0.05) is 31.0 Å². The van der Waals surface area contributed by atoms with E-state index in [4.69, 9.17) is 9.47 Å². The zero-order chi connectivity index (χ0) is 17.5. The number of carbonyl (C=O) groups excluding carboxylic acids is 1. The number of carbonyl (C=O) groups is 1. The van der Waals surface area contributed by atoms with Crippen molar-refractivity contribution in [2.24, 2.45) is 0 Å². The van der Waals surface area contributed by atoms with Gasteiger partial charge in [-0.25, -0.2) is 9.78 Å². The average Bonchev–Trinajstić information content (AvgIpc) is 2.85. The molecular formula is C16H23N5O3. The van der Waals surface area contributed by atoms with Gasteiger partial charge in [-0.2, -0.15) is 5.10 Å². The lowest BCUT2D eigenvalue weighted by molar-refractivity contribution is 0.182. The lowest BCUT2D eigenvalue weighted by Crippen LogP contribution is -2.28. The fraction of sp³-hybridized carbons (Fsp3) is 0.438. The molecule has 130 valence electrons. The Labute approximate surface area is 141 Å². The van der Waals surface area contributed by atoms with Gasteiger partial charge < -0.3 is 20.1 Å². The molecule has 2 aromatic heterocycles. The third kappa shape index (κ3) is 4.45. The zero-order valence-corrected chi connectivity index (χ0v) is 14.4. The molecule has 8 heteroatoms. The number of anilines is 1. The third-order valence-electron chi connectivity index (χ3n) is 3.67. The highest BCUT2D eigenvalue weighted by molar-refractivity contribution is 5.89. The number of nitrogens with one attached hydrogen (secondary N) is 2. The summed E-state index contributed by atoms with van der Waals surface area (Å²) in [5, 5.41) is 10.0. The fourth-order valence-electron chi connectivity index (χ4n) is 2.30. The zero-order valence-electron chi connectivity index (χ0n) is 14.4. The molecule has 2 amide bonds. The first-order chi connectivity index (χ1) is 11.5. The Hall–Kier alpha value is -2.61. The highest BCUT2D eigenvalue weighted by Crippen LogP contribution is 2.13. The van der Waals surface area contributed by atoms with Gasteiger partial charge in [-0.1, -0.05) is 0 Å². The number of aryl methyl sites for hydroxylation is 1. The Kier molecular flexibility index (Phi) is 6.14. The summed E-state index contributed by atoms with van der Waals surface area (Å²) in [7, 11) is 3.20. The molecule has 0 aliphatic rings. The van der Waals surface area contributed by atoms with Crippen LogP contribution in [0.5, 0.6) is 5.88 Å². The molecule has 8 nitrogen and oxygen atoms in total. The predicted molar refractivity (Wildman–Crippen MR) is 90.2 cm³/mol. The molecule has 0 bridgehead atoms. The molecule has 2 rings (SSSR count). The van der Waals surface area contributed by atoms with Gasteiger partial charge in [-0.15, -0.1) is 0 Å². The lowest BCUT2D eigenvalue weighted by Gasteiger charge is -2.09. The number of pyridine rings is 1. The number of urea groups is 1. The second kappa shape index (κ2) is 8.30. The van der Waals surface area contributed by atoms with E-state index >= 15 is 0 Å². The number of amides is 2. The van der Waals surface area contributed by atoms with Crippen molar-refractivity contribution in [3.8, 4) is 5.88 Å². The van der Waals surface area contributed by atoms with Crippen molar-refractivity contribution >= 4 is 11.7 Å². The van der Waals surface area contributed by atoms with Crippen LogP contribution in [0.2, 0.25) is 0 Å². The number of methoxy groups -OCH3 is 2. The van der Waals surface area contributed by atoms with Crippen molar-refractivity contribution in [3.05, 3.63) is 35.3 Å². The summed E-state index contributed by atoms with van der Waals surface area (Å²) in [5.41, 5.74) is 3.53. The monoisotopic (exact) mass is 333 g/mol. The molecule has 0 aromatic carbocycles. The first-order valence-electron chi connectivity index (χ1n) is 7.62. The van der Waals surface area contributed by atoms with E-state index in [1.807, 2.05) is 18.5 Å². The highest BCUT2D eigenvalue weighted by atomic mass is 16.5. The van der Waals surface area contributed by atoms with Gasteiger partial charge in [0.1, 0.15) is 0 Å². The number of nitrogens with zero attached hydrogens (tertiary/aromatic N) is 3. The molecule has 0 spiro atoms. The van der Waals surface area contributed by atoms with Gasteiger partial charge in [0.2, 0.25) is 5.88 Å². The van der Waals surface area contributed by atoms with Gasteiger partial charge in [0.05, 0.1) is 37.8 Å². The van der Waals surface area contributed by atoms with Gasteiger partial charge in [0.25, 0.3) is 0 Å². The van der Waals surface area contributed by atoms with Crippen molar-refractivity contribution in [1.29, 1.82) is 0 Å². The normalized spacial score (nSPS) is 10.5. The van der Waals surface area contributed by atoms with Crippen LogP contribution in [0.1, 0.15) is 17.0 Å². The number of hydrogen-bond acceptors (Lipinski definition) is 5. The minimum Gasteiger partial charge on any atom is -0.481 e. The van der Waals surface area contributed by atoms with Crippen LogP contribution >= 0.6 is 0 Å². The SMILES string of the molecule is COCCn1nc(C)c(CNC(=O)Nc2ccc(OC)nc2)c1C. The van der Waals surface area contributed by atoms with Crippen LogP contribution in [-0.4, -0.2) is 41.6 Å². The number of rotatable bonds is 7. The maximum Gasteiger partial charge on any atom is 0.319 e. The van der Waals surface area contributed by atoms with E-state index in [2.05, 4.69) is 20.7 Å². The molecule has 0 atom stereocenters. The molecule has 2 N–H and O–H groups in total. The van der Waals surface area contributed by atoms with E-state index in [0.717, 1.165) is 17.0 Å². The molecule has 2 heterocycles. The first kappa shape index (κ1) is 17.7. The second-order valence-electron chi connectivity index (χ2n) is 5.26. The minimum atomic E-state index is -0.301. The van der Waals surface area contributed by atoms with Crippen LogP contribution in [-0.2, 0) is 17.8 Å². The van der Waals surface area contributed by atoms with E-state index in [-0.39, 0.29) is 6.03 Å². The Bertz CT molecular complexity index is 682. The Morgan fingerprint density at radius 3 is 2.71 bits per heavy atom. The molecule has 0 fully saturated rings. The van der Waals surface area contributed by atoms with Crippen LogP contribution in [0.4, 0.5) is 10.5 Å². The summed E-state index contributed by atoms with van der Waals surface area (Å²) < 4.78 is 11.9. The van der Waals surface area contributed by atoms with Crippen molar-refractivity contribution < 1.29 is 14.3 Å². The lowest BCUT2D eigenvalue weighted by atomic mass is 10.2. The number of ether oxygens (including phenoxy) is 2. The molecule has 0 unspecified atom stereocenters. The number of hydrogen-bond donors (Lipinski definition) is 2. The van der Waals surface area contributed by atoms with E-state index in [9.17, 15) is 4.79 Å². The van der Waals surface area contributed by atoms with Crippen molar-refractivity contribution in [1.82, 2.24) is 20.1 Å². The summed E-state index contributed by atoms with van der Waals surface area (Å²) >= 11 is 0. The van der Waals surface area contributed by atoms with Gasteiger partial charge in [-0.3, -0.25) is 4.68 Å². The number of aromatic nitrogens is 3.